The number of para-hydroxylation sites is 1. The first-order valence-corrected chi connectivity index (χ1v) is 6.94. The summed E-state index contributed by atoms with van der Waals surface area (Å²) in [7, 11) is 1.64. The van der Waals surface area contributed by atoms with Gasteiger partial charge in [0.2, 0.25) is 5.91 Å². The van der Waals surface area contributed by atoms with Crippen molar-refractivity contribution in [2.75, 3.05) is 40.0 Å². The number of nitrogens with zero attached hydrogens (tertiary/aromatic N) is 1. The monoisotopic (exact) mass is 278 g/mol. The summed E-state index contributed by atoms with van der Waals surface area (Å²) in [5.74, 6) is 0.715. The Hall–Kier alpha value is -1.59. The first-order valence-electron chi connectivity index (χ1n) is 6.94. The zero-order valence-electron chi connectivity index (χ0n) is 11.9. The molecule has 110 valence electrons. The summed E-state index contributed by atoms with van der Waals surface area (Å²) >= 11 is 0. The molecular formula is C15H22N2O3. The van der Waals surface area contributed by atoms with Crippen molar-refractivity contribution in [1.82, 2.24) is 4.90 Å². The lowest BCUT2D eigenvalue weighted by Gasteiger charge is -2.30. The van der Waals surface area contributed by atoms with E-state index in [1.165, 1.54) is 0 Å². The average molecular weight is 278 g/mol. The number of rotatable bonds is 5. The maximum absolute atomic E-state index is 12.5. The van der Waals surface area contributed by atoms with Crippen molar-refractivity contribution < 1.29 is 14.3 Å². The lowest BCUT2D eigenvalue weighted by Crippen LogP contribution is -2.46. The zero-order chi connectivity index (χ0) is 14.4. The highest BCUT2D eigenvalue weighted by molar-refractivity contribution is 5.79. The fourth-order valence-corrected chi connectivity index (χ4v) is 2.45. The molecule has 2 rings (SSSR count). The number of nitrogens with two attached hydrogens (primary N) is 1. The summed E-state index contributed by atoms with van der Waals surface area (Å²) in [6, 6.07) is 7.75. The summed E-state index contributed by atoms with van der Waals surface area (Å²) < 4.78 is 10.6. The van der Waals surface area contributed by atoms with Gasteiger partial charge in [-0.05, 0) is 18.1 Å². The van der Waals surface area contributed by atoms with Crippen LogP contribution in [-0.4, -0.2) is 50.8 Å². The number of carbonyl (C=O) groups is 1. The van der Waals surface area contributed by atoms with Crippen LogP contribution >= 0.6 is 0 Å². The molecule has 0 bridgehead atoms. The lowest BCUT2D eigenvalue weighted by atomic mass is 9.97. The molecule has 1 aliphatic heterocycles. The molecule has 0 aliphatic carbocycles. The predicted molar refractivity (Wildman–Crippen MR) is 76.6 cm³/mol. The van der Waals surface area contributed by atoms with E-state index in [1.807, 2.05) is 29.2 Å². The second kappa shape index (κ2) is 7.26. The van der Waals surface area contributed by atoms with E-state index in [4.69, 9.17) is 15.2 Å². The predicted octanol–water partition coefficient (Wildman–Crippen LogP) is 0.671. The van der Waals surface area contributed by atoms with Gasteiger partial charge in [-0.15, -0.1) is 0 Å². The van der Waals surface area contributed by atoms with Gasteiger partial charge in [0.1, 0.15) is 5.75 Å². The molecule has 1 saturated heterocycles. The van der Waals surface area contributed by atoms with Gasteiger partial charge < -0.3 is 20.1 Å². The van der Waals surface area contributed by atoms with Gasteiger partial charge in [0.15, 0.2) is 0 Å². The van der Waals surface area contributed by atoms with Crippen LogP contribution in [0.25, 0.3) is 0 Å². The largest absolute Gasteiger partial charge is 0.496 e. The van der Waals surface area contributed by atoms with Crippen molar-refractivity contribution in [2.24, 2.45) is 11.7 Å². The van der Waals surface area contributed by atoms with E-state index < -0.39 is 0 Å². The SMILES string of the molecule is COc1ccccc1CC(CN)C(=O)N1CCOCC1. The van der Waals surface area contributed by atoms with Gasteiger partial charge >= 0.3 is 0 Å². The third-order valence-electron chi connectivity index (χ3n) is 3.62. The van der Waals surface area contributed by atoms with Crippen LogP contribution in [0.15, 0.2) is 24.3 Å². The number of methoxy groups -OCH3 is 1. The Morgan fingerprint density at radius 1 is 1.40 bits per heavy atom. The summed E-state index contributed by atoms with van der Waals surface area (Å²) in [4.78, 5) is 14.3. The molecule has 0 radical (unpaired) electrons. The number of carbonyl (C=O) groups excluding carboxylic acids is 1. The zero-order valence-corrected chi connectivity index (χ0v) is 11.9. The topological polar surface area (TPSA) is 64.8 Å². The Morgan fingerprint density at radius 2 is 2.10 bits per heavy atom. The minimum Gasteiger partial charge on any atom is -0.496 e. The van der Waals surface area contributed by atoms with Gasteiger partial charge in [0.05, 0.1) is 26.2 Å². The Bertz CT molecular complexity index is 444. The summed E-state index contributed by atoms with van der Waals surface area (Å²) in [6.07, 6.45) is 0.608. The molecule has 2 N–H and O–H groups in total. The highest BCUT2D eigenvalue weighted by Crippen LogP contribution is 2.21. The molecule has 0 saturated carbocycles. The third kappa shape index (κ3) is 3.49. The van der Waals surface area contributed by atoms with Crippen molar-refractivity contribution in [3.63, 3.8) is 0 Å². The number of hydrogen-bond donors (Lipinski definition) is 1. The van der Waals surface area contributed by atoms with Crippen molar-refractivity contribution >= 4 is 5.91 Å². The van der Waals surface area contributed by atoms with Crippen molar-refractivity contribution in [2.45, 2.75) is 6.42 Å². The first-order chi connectivity index (χ1) is 9.76. The van der Waals surface area contributed by atoms with Crippen LogP contribution in [-0.2, 0) is 16.0 Å². The molecule has 1 heterocycles. The molecule has 1 aliphatic rings. The Labute approximate surface area is 119 Å². The Balaban J connectivity index is 2.06. The summed E-state index contributed by atoms with van der Waals surface area (Å²) in [5, 5.41) is 0. The highest BCUT2D eigenvalue weighted by atomic mass is 16.5. The highest BCUT2D eigenvalue weighted by Gasteiger charge is 2.25. The quantitative estimate of drug-likeness (QED) is 0.860. The maximum Gasteiger partial charge on any atom is 0.227 e. The molecule has 0 spiro atoms. The number of ether oxygens (including phenoxy) is 2. The van der Waals surface area contributed by atoms with Crippen LogP contribution in [0.5, 0.6) is 5.75 Å². The van der Waals surface area contributed by atoms with Crippen molar-refractivity contribution in [3.8, 4) is 5.75 Å². The number of hydrogen-bond acceptors (Lipinski definition) is 4. The minimum absolute atomic E-state index is 0.113. The lowest BCUT2D eigenvalue weighted by molar-refractivity contribution is -0.139. The van der Waals surface area contributed by atoms with E-state index in [2.05, 4.69) is 0 Å². The van der Waals surface area contributed by atoms with Crippen molar-refractivity contribution in [3.05, 3.63) is 29.8 Å². The Morgan fingerprint density at radius 3 is 2.75 bits per heavy atom. The smallest absolute Gasteiger partial charge is 0.227 e. The van der Waals surface area contributed by atoms with Crippen LogP contribution in [0, 0.1) is 5.92 Å². The van der Waals surface area contributed by atoms with E-state index in [-0.39, 0.29) is 11.8 Å². The molecule has 1 unspecified atom stereocenters. The van der Waals surface area contributed by atoms with Gasteiger partial charge in [0, 0.05) is 19.6 Å². The standard InChI is InChI=1S/C15H22N2O3/c1-19-14-5-3-2-4-12(14)10-13(11-16)15(18)17-6-8-20-9-7-17/h2-5,13H,6-11,16H2,1H3. The van der Waals surface area contributed by atoms with Gasteiger partial charge in [-0.1, -0.05) is 18.2 Å². The van der Waals surface area contributed by atoms with Gasteiger partial charge in [-0.2, -0.15) is 0 Å². The fourth-order valence-electron chi connectivity index (χ4n) is 2.45. The molecule has 1 atom stereocenters. The van der Waals surface area contributed by atoms with E-state index in [0.717, 1.165) is 11.3 Å². The summed E-state index contributed by atoms with van der Waals surface area (Å²) in [6.45, 7) is 2.87. The number of morpholine rings is 1. The summed E-state index contributed by atoms with van der Waals surface area (Å²) in [5.41, 5.74) is 6.82. The number of benzene rings is 1. The van der Waals surface area contributed by atoms with Crippen LogP contribution in [0.1, 0.15) is 5.56 Å². The molecule has 1 aromatic rings. The molecule has 1 fully saturated rings. The average Bonchev–Trinajstić information content (AvgIpc) is 2.53. The van der Waals surface area contributed by atoms with Gasteiger partial charge in [0.25, 0.3) is 0 Å². The van der Waals surface area contributed by atoms with Crippen LogP contribution < -0.4 is 10.5 Å². The second-order valence-electron chi connectivity index (χ2n) is 4.89. The van der Waals surface area contributed by atoms with E-state index in [0.29, 0.717) is 39.3 Å². The van der Waals surface area contributed by atoms with Gasteiger partial charge in [-0.25, -0.2) is 0 Å². The van der Waals surface area contributed by atoms with E-state index in [1.54, 1.807) is 7.11 Å². The molecule has 20 heavy (non-hydrogen) atoms. The molecule has 1 aromatic carbocycles. The van der Waals surface area contributed by atoms with Crippen molar-refractivity contribution in [1.29, 1.82) is 0 Å². The molecule has 1 amide bonds. The molecule has 5 heteroatoms. The van der Waals surface area contributed by atoms with Crippen LogP contribution in [0.2, 0.25) is 0 Å². The minimum atomic E-state index is -0.204. The fraction of sp³-hybridized carbons (Fsp3) is 0.533. The molecular weight excluding hydrogens is 256 g/mol. The normalized spacial score (nSPS) is 16.8. The van der Waals surface area contributed by atoms with Crippen LogP contribution in [0.3, 0.4) is 0 Å². The molecule has 0 aromatic heterocycles. The van der Waals surface area contributed by atoms with Crippen LogP contribution in [0.4, 0.5) is 0 Å². The number of amides is 1. The van der Waals surface area contributed by atoms with Gasteiger partial charge in [-0.3, -0.25) is 4.79 Å². The third-order valence-corrected chi connectivity index (χ3v) is 3.62. The first kappa shape index (κ1) is 14.8. The molecule has 5 nitrogen and oxygen atoms in total. The van der Waals surface area contributed by atoms with E-state index in [9.17, 15) is 4.79 Å². The maximum atomic E-state index is 12.5. The second-order valence-corrected chi connectivity index (χ2v) is 4.89. The van der Waals surface area contributed by atoms with E-state index >= 15 is 0 Å². The Kier molecular flexibility index (Phi) is 5.38.